The number of pyridine rings is 1. The van der Waals surface area contributed by atoms with Gasteiger partial charge in [0.25, 0.3) is 11.8 Å². The smallest absolute Gasteiger partial charge is 0.269 e. The third kappa shape index (κ3) is 3.92. The van der Waals surface area contributed by atoms with Gasteiger partial charge in [0, 0.05) is 43.3 Å². The number of carbonyl (C=O) groups is 3. The zero-order valence-electron chi connectivity index (χ0n) is 18.9. The van der Waals surface area contributed by atoms with Crippen molar-refractivity contribution in [2.45, 2.75) is 50.2 Å². The van der Waals surface area contributed by atoms with E-state index in [1.165, 1.54) is 4.90 Å². The second-order valence-electron chi connectivity index (χ2n) is 9.20. The number of aromatic nitrogens is 3. The lowest BCUT2D eigenvalue weighted by Crippen LogP contribution is -2.37. The number of likely N-dealkylation sites (tertiary alicyclic amines) is 1. The molecule has 1 aliphatic heterocycles. The molecule has 1 saturated carbocycles. The Morgan fingerprint density at radius 1 is 1.32 bits per heavy atom. The van der Waals surface area contributed by atoms with Crippen LogP contribution in [0.2, 0.25) is 0 Å². The number of nitrogens with zero attached hydrogens (tertiary/aromatic N) is 4. The summed E-state index contributed by atoms with van der Waals surface area (Å²) in [6.07, 6.45) is 5.76. The first-order chi connectivity index (χ1) is 16.3. The molecule has 10 heteroatoms. The van der Waals surface area contributed by atoms with Gasteiger partial charge in [-0.3, -0.25) is 14.4 Å². The predicted molar refractivity (Wildman–Crippen MR) is 121 cm³/mol. The van der Waals surface area contributed by atoms with Crippen LogP contribution in [0, 0.1) is 17.8 Å². The van der Waals surface area contributed by atoms with Crippen molar-refractivity contribution in [3.63, 3.8) is 0 Å². The Morgan fingerprint density at radius 3 is 2.79 bits per heavy atom. The van der Waals surface area contributed by atoms with Crippen molar-refractivity contribution in [1.82, 2.24) is 25.0 Å². The largest absolute Gasteiger partial charge is 0.369 e. The summed E-state index contributed by atoms with van der Waals surface area (Å²) < 4.78 is 1.58. The number of nitrogens with two attached hydrogens (primary N) is 1. The summed E-state index contributed by atoms with van der Waals surface area (Å²) in [5, 5.41) is 18.1. The van der Waals surface area contributed by atoms with E-state index in [1.807, 2.05) is 0 Å². The number of aliphatic hydroxyl groups is 1. The number of fused-ring (bicyclic) bond motifs is 1. The predicted octanol–water partition coefficient (Wildman–Crippen LogP) is 0.214. The highest BCUT2D eigenvalue weighted by molar-refractivity contribution is 5.93. The summed E-state index contributed by atoms with van der Waals surface area (Å²) in [6.45, 7) is 0.444. The Morgan fingerprint density at radius 2 is 2.12 bits per heavy atom. The van der Waals surface area contributed by atoms with Crippen molar-refractivity contribution in [3.05, 3.63) is 40.8 Å². The summed E-state index contributed by atoms with van der Waals surface area (Å²) in [5.74, 6) is 4.99. The topological polar surface area (TPSA) is 143 Å². The molecule has 0 spiro atoms. The van der Waals surface area contributed by atoms with E-state index in [-0.39, 0.29) is 30.0 Å². The molecule has 3 heterocycles. The summed E-state index contributed by atoms with van der Waals surface area (Å²) >= 11 is 0. The molecule has 4 N–H and O–H groups in total. The van der Waals surface area contributed by atoms with Crippen molar-refractivity contribution in [1.29, 1.82) is 0 Å². The number of amides is 3. The number of nitrogens with one attached hydrogen (secondary N) is 1. The normalized spacial score (nSPS) is 23.8. The summed E-state index contributed by atoms with van der Waals surface area (Å²) in [7, 11) is 1.63. The first kappa shape index (κ1) is 22.1. The number of hydrogen-bond acceptors (Lipinski definition) is 6. The lowest BCUT2D eigenvalue weighted by atomic mass is 9.90. The van der Waals surface area contributed by atoms with Crippen LogP contribution in [0.1, 0.15) is 65.5 Å². The van der Waals surface area contributed by atoms with E-state index in [1.54, 1.807) is 30.1 Å². The van der Waals surface area contributed by atoms with Crippen LogP contribution < -0.4 is 11.1 Å². The molecule has 2 atom stereocenters. The molecule has 1 saturated heterocycles. The Balaban J connectivity index is 1.49. The lowest BCUT2D eigenvalue weighted by Gasteiger charge is -2.24. The van der Waals surface area contributed by atoms with Gasteiger partial charge in [-0.25, -0.2) is 9.67 Å². The van der Waals surface area contributed by atoms with Crippen molar-refractivity contribution in [2.24, 2.45) is 11.7 Å². The van der Waals surface area contributed by atoms with E-state index in [0.717, 1.165) is 25.0 Å². The molecule has 176 valence electrons. The monoisotopic (exact) mass is 462 g/mol. The fraction of sp³-hybridized carbons (Fsp3) is 0.458. The van der Waals surface area contributed by atoms with Gasteiger partial charge in [0.05, 0.1) is 11.7 Å². The van der Waals surface area contributed by atoms with Crippen molar-refractivity contribution < 1.29 is 19.5 Å². The number of rotatable bonds is 4. The van der Waals surface area contributed by atoms with Crippen LogP contribution in [0.15, 0.2) is 18.3 Å². The number of hydrogen-bond donors (Lipinski definition) is 3. The molecule has 0 bridgehead atoms. The molecular weight excluding hydrogens is 436 g/mol. The van der Waals surface area contributed by atoms with E-state index >= 15 is 0 Å². The van der Waals surface area contributed by atoms with Gasteiger partial charge in [-0.1, -0.05) is 11.8 Å². The minimum atomic E-state index is -1.70. The minimum absolute atomic E-state index is 0.00135. The molecule has 2 aromatic rings. The Labute approximate surface area is 196 Å². The third-order valence-electron chi connectivity index (χ3n) is 6.66. The average molecular weight is 463 g/mol. The van der Waals surface area contributed by atoms with E-state index in [9.17, 15) is 19.5 Å². The zero-order chi connectivity index (χ0) is 24.0. The minimum Gasteiger partial charge on any atom is -0.369 e. The van der Waals surface area contributed by atoms with E-state index < -0.39 is 17.4 Å². The fourth-order valence-corrected chi connectivity index (χ4v) is 4.60. The standard InChI is InChI=1S/C24H26N6O4/c1-29-12-10-24(34,23(29)33)9-7-14-8-11-26-18(13-14)30-17-4-2-3-16(27-22(32)15-5-6-15)19(17)20(28-30)21(25)31/h8,11,13,15-16,34H,2-6,10,12H2,1H3,(H2,25,31)(H,27,32)/t16-,24+/m1/s1. The second kappa shape index (κ2) is 8.25. The Hall–Kier alpha value is -3.71. The molecule has 0 aromatic carbocycles. The highest BCUT2D eigenvalue weighted by atomic mass is 16.3. The van der Waals surface area contributed by atoms with E-state index in [4.69, 9.17) is 5.73 Å². The van der Waals surface area contributed by atoms with Crippen molar-refractivity contribution in [2.75, 3.05) is 13.6 Å². The van der Waals surface area contributed by atoms with Gasteiger partial charge >= 0.3 is 0 Å². The molecule has 2 fully saturated rings. The molecule has 2 aromatic heterocycles. The van der Waals surface area contributed by atoms with Crippen LogP contribution in [-0.2, 0) is 16.0 Å². The van der Waals surface area contributed by atoms with Crippen molar-refractivity contribution in [3.8, 4) is 17.7 Å². The second-order valence-corrected chi connectivity index (χ2v) is 9.20. The van der Waals surface area contributed by atoms with Crippen LogP contribution in [0.25, 0.3) is 5.82 Å². The van der Waals surface area contributed by atoms with Gasteiger partial charge in [-0.2, -0.15) is 5.10 Å². The van der Waals surface area contributed by atoms with Crippen LogP contribution in [0.4, 0.5) is 0 Å². The summed E-state index contributed by atoms with van der Waals surface area (Å²) in [4.78, 5) is 42.7. The van der Waals surface area contributed by atoms with Gasteiger partial charge in [0.1, 0.15) is 0 Å². The summed E-state index contributed by atoms with van der Waals surface area (Å²) in [6, 6.07) is 3.03. The van der Waals surface area contributed by atoms with Crippen LogP contribution in [0.5, 0.6) is 0 Å². The maximum absolute atomic E-state index is 12.4. The molecule has 34 heavy (non-hydrogen) atoms. The molecule has 5 rings (SSSR count). The fourth-order valence-electron chi connectivity index (χ4n) is 4.60. The van der Waals surface area contributed by atoms with Gasteiger partial charge in [0.15, 0.2) is 11.5 Å². The highest BCUT2D eigenvalue weighted by Crippen LogP contribution is 2.36. The number of carbonyl (C=O) groups excluding carboxylic acids is 3. The SMILES string of the molecule is CN1CC[C@@](O)(C#Cc2ccnc(-n3nc(C(N)=O)c4c3CCC[C@H]4NC(=O)C3CC3)c2)C1=O. The maximum atomic E-state index is 12.4. The first-order valence-electron chi connectivity index (χ1n) is 11.5. The summed E-state index contributed by atoms with van der Waals surface area (Å²) in [5.41, 5.74) is 6.05. The lowest BCUT2D eigenvalue weighted by molar-refractivity contribution is -0.137. The number of likely N-dealkylation sites (N-methyl/N-ethyl adjacent to an activating group) is 1. The third-order valence-corrected chi connectivity index (χ3v) is 6.66. The molecule has 2 aliphatic carbocycles. The molecule has 0 radical (unpaired) electrons. The maximum Gasteiger partial charge on any atom is 0.269 e. The molecule has 0 unspecified atom stereocenters. The average Bonchev–Trinajstić information content (AvgIpc) is 3.56. The quantitative estimate of drug-likeness (QED) is 0.555. The zero-order valence-corrected chi connectivity index (χ0v) is 18.9. The van der Waals surface area contributed by atoms with Crippen LogP contribution >= 0.6 is 0 Å². The van der Waals surface area contributed by atoms with Gasteiger partial charge in [-0.05, 0) is 44.2 Å². The number of primary amides is 1. The Kier molecular flexibility index (Phi) is 5.37. The Bertz CT molecular complexity index is 1250. The van der Waals surface area contributed by atoms with Crippen molar-refractivity contribution >= 4 is 17.7 Å². The molecule has 3 amide bonds. The van der Waals surface area contributed by atoms with E-state index in [0.29, 0.717) is 36.3 Å². The van der Waals surface area contributed by atoms with Gasteiger partial charge in [0.2, 0.25) is 11.5 Å². The first-order valence-corrected chi connectivity index (χ1v) is 11.5. The van der Waals surface area contributed by atoms with Crippen LogP contribution in [-0.4, -0.2) is 61.7 Å². The van der Waals surface area contributed by atoms with Gasteiger partial charge < -0.3 is 21.1 Å². The molecule has 10 nitrogen and oxygen atoms in total. The highest BCUT2D eigenvalue weighted by Gasteiger charge is 2.42. The van der Waals surface area contributed by atoms with Gasteiger partial charge in [-0.15, -0.1) is 0 Å². The van der Waals surface area contributed by atoms with Crippen LogP contribution in [0.3, 0.4) is 0 Å². The van der Waals surface area contributed by atoms with E-state index in [2.05, 4.69) is 27.2 Å². The molecular formula is C24H26N6O4. The molecule has 3 aliphatic rings.